The summed E-state index contributed by atoms with van der Waals surface area (Å²) in [4.78, 5) is 0.978. The van der Waals surface area contributed by atoms with Gasteiger partial charge in [0.25, 0.3) is 0 Å². The van der Waals surface area contributed by atoms with Gasteiger partial charge in [0.2, 0.25) is 10.0 Å². The predicted molar refractivity (Wildman–Crippen MR) is 71.3 cm³/mol. The predicted octanol–water partition coefficient (Wildman–Crippen LogP) is 2.74. The standard InChI is InChI=1S/C12H15NO3S2/c1-8-6-11(10(3)16-8)7-13-18(14,15)12-5-4-9(2)17-12/h4-6,13H,7H2,1-3H3. The number of sulfonamides is 1. The first-order chi connectivity index (χ1) is 8.38. The van der Waals surface area contributed by atoms with Gasteiger partial charge in [-0.15, -0.1) is 11.3 Å². The Morgan fingerprint density at radius 1 is 1.28 bits per heavy atom. The van der Waals surface area contributed by atoms with Crippen LogP contribution in [-0.2, 0) is 16.6 Å². The van der Waals surface area contributed by atoms with Crippen molar-refractivity contribution in [3.63, 3.8) is 0 Å². The van der Waals surface area contributed by atoms with Crippen LogP contribution in [-0.4, -0.2) is 8.42 Å². The zero-order valence-electron chi connectivity index (χ0n) is 10.5. The first-order valence-electron chi connectivity index (χ1n) is 5.50. The molecule has 2 rings (SSSR count). The smallest absolute Gasteiger partial charge is 0.250 e. The van der Waals surface area contributed by atoms with Gasteiger partial charge in [0, 0.05) is 17.0 Å². The summed E-state index contributed by atoms with van der Waals surface area (Å²) in [6.45, 7) is 5.80. The van der Waals surface area contributed by atoms with Gasteiger partial charge in [-0.2, -0.15) is 0 Å². The van der Waals surface area contributed by atoms with E-state index in [9.17, 15) is 8.42 Å². The third-order valence-corrected chi connectivity index (χ3v) is 5.47. The summed E-state index contributed by atoms with van der Waals surface area (Å²) >= 11 is 1.27. The van der Waals surface area contributed by atoms with Crippen LogP contribution >= 0.6 is 11.3 Å². The summed E-state index contributed by atoms with van der Waals surface area (Å²) in [5.41, 5.74) is 0.865. The molecule has 2 aromatic rings. The third-order valence-electron chi connectivity index (χ3n) is 2.58. The molecule has 0 atom stereocenters. The molecule has 0 aliphatic heterocycles. The number of thiophene rings is 1. The lowest BCUT2D eigenvalue weighted by Gasteiger charge is -2.03. The van der Waals surface area contributed by atoms with Gasteiger partial charge in [0.15, 0.2) is 0 Å². The highest BCUT2D eigenvalue weighted by molar-refractivity contribution is 7.91. The zero-order valence-corrected chi connectivity index (χ0v) is 12.1. The second-order valence-corrected chi connectivity index (χ2v) is 7.41. The van der Waals surface area contributed by atoms with E-state index >= 15 is 0 Å². The topological polar surface area (TPSA) is 59.3 Å². The lowest BCUT2D eigenvalue weighted by Crippen LogP contribution is -2.22. The molecule has 0 saturated carbocycles. The molecule has 18 heavy (non-hydrogen) atoms. The molecule has 0 saturated heterocycles. The van der Waals surface area contributed by atoms with Crippen molar-refractivity contribution in [1.82, 2.24) is 4.72 Å². The van der Waals surface area contributed by atoms with E-state index in [1.165, 1.54) is 11.3 Å². The number of hydrogen-bond donors (Lipinski definition) is 1. The van der Waals surface area contributed by atoms with Crippen molar-refractivity contribution in [3.8, 4) is 0 Å². The number of aryl methyl sites for hydroxylation is 3. The van der Waals surface area contributed by atoms with E-state index in [0.29, 0.717) is 4.21 Å². The van der Waals surface area contributed by atoms with Gasteiger partial charge >= 0.3 is 0 Å². The Hall–Kier alpha value is -1.11. The Kier molecular flexibility index (Phi) is 3.61. The van der Waals surface area contributed by atoms with Crippen molar-refractivity contribution in [2.24, 2.45) is 0 Å². The molecule has 0 aliphatic carbocycles. The fourth-order valence-corrected chi connectivity index (χ4v) is 3.99. The second kappa shape index (κ2) is 4.87. The minimum Gasteiger partial charge on any atom is -0.466 e. The molecule has 0 amide bonds. The zero-order chi connectivity index (χ0) is 13.3. The van der Waals surface area contributed by atoms with E-state index in [4.69, 9.17) is 4.42 Å². The first kappa shape index (κ1) is 13.3. The molecular formula is C12H15NO3S2. The van der Waals surface area contributed by atoms with Gasteiger partial charge < -0.3 is 4.42 Å². The molecule has 0 fully saturated rings. The number of rotatable bonds is 4. The molecule has 1 N–H and O–H groups in total. The van der Waals surface area contributed by atoms with Crippen LogP contribution in [0.15, 0.2) is 26.8 Å². The molecular weight excluding hydrogens is 270 g/mol. The molecule has 0 spiro atoms. The molecule has 2 heterocycles. The van der Waals surface area contributed by atoms with Crippen molar-refractivity contribution in [3.05, 3.63) is 40.2 Å². The Bertz CT molecular complexity index is 653. The Balaban J connectivity index is 2.13. The lowest BCUT2D eigenvalue weighted by molar-refractivity contribution is 0.500. The summed E-state index contributed by atoms with van der Waals surface area (Å²) in [7, 11) is -3.42. The molecule has 0 bridgehead atoms. The molecule has 2 aromatic heterocycles. The SMILES string of the molecule is Cc1cc(CNS(=O)(=O)c2ccc(C)s2)c(C)o1. The van der Waals surface area contributed by atoms with Crippen molar-refractivity contribution in [1.29, 1.82) is 0 Å². The molecule has 98 valence electrons. The highest BCUT2D eigenvalue weighted by Gasteiger charge is 2.16. The van der Waals surface area contributed by atoms with Gasteiger partial charge in [-0.1, -0.05) is 0 Å². The highest BCUT2D eigenvalue weighted by atomic mass is 32.2. The van der Waals surface area contributed by atoms with Gasteiger partial charge in [-0.25, -0.2) is 13.1 Å². The molecule has 0 radical (unpaired) electrons. The number of furan rings is 1. The average Bonchev–Trinajstić information content (AvgIpc) is 2.83. The maximum Gasteiger partial charge on any atom is 0.250 e. The first-order valence-corrected chi connectivity index (χ1v) is 7.80. The van der Waals surface area contributed by atoms with Crippen molar-refractivity contribution < 1.29 is 12.8 Å². The van der Waals surface area contributed by atoms with E-state index in [1.807, 2.05) is 26.8 Å². The highest BCUT2D eigenvalue weighted by Crippen LogP contribution is 2.21. The monoisotopic (exact) mass is 285 g/mol. The van der Waals surface area contributed by atoms with E-state index < -0.39 is 10.0 Å². The maximum atomic E-state index is 12.0. The molecule has 6 heteroatoms. The molecule has 0 aromatic carbocycles. The van der Waals surface area contributed by atoms with Crippen LogP contribution in [0, 0.1) is 20.8 Å². The summed E-state index contributed by atoms with van der Waals surface area (Å²) < 4.78 is 32.3. The van der Waals surface area contributed by atoms with E-state index in [0.717, 1.165) is 22.0 Å². The summed E-state index contributed by atoms with van der Waals surface area (Å²) in [6, 6.07) is 5.26. The average molecular weight is 285 g/mol. The second-order valence-electron chi connectivity index (χ2n) is 4.13. The van der Waals surface area contributed by atoms with Crippen LogP contribution in [0.3, 0.4) is 0 Å². The number of nitrogens with one attached hydrogen (secondary N) is 1. The van der Waals surface area contributed by atoms with Crippen molar-refractivity contribution in [2.75, 3.05) is 0 Å². The van der Waals surface area contributed by atoms with E-state index in [2.05, 4.69) is 4.72 Å². The fourth-order valence-electron chi connectivity index (χ4n) is 1.66. The molecule has 4 nitrogen and oxygen atoms in total. The van der Waals surface area contributed by atoms with Crippen LogP contribution < -0.4 is 4.72 Å². The van der Waals surface area contributed by atoms with E-state index in [-0.39, 0.29) is 6.54 Å². The fraction of sp³-hybridized carbons (Fsp3) is 0.333. The molecule has 0 aliphatic rings. The maximum absolute atomic E-state index is 12.0. The summed E-state index contributed by atoms with van der Waals surface area (Å²) in [6.07, 6.45) is 0. The van der Waals surface area contributed by atoms with Gasteiger partial charge in [-0.3, -0.25) is 0 Å². The van der Waals surface area contributed by atoms with Crippen LogP contribution in [0.5, 0.6) is 0 Å². The van der Waals surface area contributed by atoms with Gasteiger partial charge in [0.1, 0.15) is 15.7 Å². The Morgan fingerprint density at radius 3 is 2.50 bits per heavy atom. The van der Waals surface area contributed by atoms with Crippen LogP contribution in [0.4, 0.5) is 0 Å². The van der Waals surface area contributed by atoms with Crippen LogP contribution in [0.1, 0.15) is 22.0 Å². The number of hydrogen-bond acceptors (Lipinski definition) is 4. The Morgan fingerprint density at radius 2 is 2.00 bits per heavy atom. The van der Waals surface area contributed by atoms with Crippen LogP contribution in [0.25, 0.3) is 0 Å². The Labute approximate surface area is 111 Å². The van der Waals surface area contributed by atoms with Crippen molar-refractivity contribution >= 4 is 21.4 Å². The minimum absolute atomic E-state index is 0.252. The quantitative estimate of drug-likeness (QED) is 0.939. The normalized spacial score (nSPS) is 11.9. The largest absolute Gasteiger partial charge is 0.466 e. The van der Waals surface area contributed by atoms with Gasteiger partial charge in [-0.05, 0) is 39.0 Å². The van der Waals surface area contributed by atoms with Crippen molar-refractivity contribution in [2.45, 2.75) is 31.5 Å². The van der Waals surface area contributed by atoms with Crippen LogP contribution in [0.2, 0.25) is 0 Å². The van der Waals surface area contributed by atoms with E-state index in [1.54, 1.807) is 12.1 Å². The lowest BCUT2D eigenvalue weighted by atomic mass is 10.2. The summed E-state index contributed by atoms with van der Waals surface area (Å²) in [5, 5.41) is 0. The summed E-state index contributed by atoms with van der Waals surface area (Å²) in [5.74, 6) is 1.53. The third kappa shape index (κ3) is 2.82. The van der Waals surface area contributed by atoms with Gasteiger partial charge in [0.05, 0.1) is 0 Å². The molecule has 0 unspecified atom stereocenters. The minimum atomic E-state index is -3.42.